The van der Waals surface area contributed by atoms with Crippen molar-refractivity contribution in [2.45, 2.75) is 6.54 Å². The van der Waals surface area contributed by atoms with E-state index in [1.807, 2.05) is 54.6 Å². The highest BCUT2D eigenvalue weighted by atomic mass is 32.2. The van der Waals surface area contributed by atoms with Crippen molar-refractivity contribution in [2.75, 3.05) is 0 Å². The van der Waals surface area contributed by atoms with Crippen LogP contribution in [0.1, 0.15) is 11.1 Å². The SMILES string of the molecule is O=C1NC(=O)/C(=C\c2cc3ccccc3n(Cc3ccc(-c4ccccc4)cc3)c2=O)S1. The number of aromatic nitrogens is 1. The van der Waals surface area contributed by atoms with Gasteiger partial charge >= 0.3 is 0 Å². The van der Waals surface area contributed by atoms with Crippen LogP contribution in [0, 0.1) is 0 Å². The summed E-state index contributed by atoms with van der Waals surface area (Å²) in [4.78, 5) is 37.0. The number of hydrogen-bond donors (Lipinski definition) is 1. The number of amides is 2. The summed E-state index contributed by atoms with van der Waals surface area (Å²) in [5, 5.41) is 2.68. The third-order valence-corrected chi connectivity index (χ3v) is 6.17. The highest BCUT2D eigenvalue weighted by Crippen LogP contribution is 2.26. The largest absolute Gasteiger partial charge is 0.303 e. The minimum absolute atomic E-state index is 0.212. The van der Waals surface area contributed by atoms with Crippen molar-refractivity contribution in [2.24, 2.45) is 0 Å². The Kier molecular flexibility index (Phi) is 5.21. The van der Waals surface area contributed by atoms with Gasteiger partial charge in [0, 0.05) is 5.56 Å². The minimum atomic E-state index is -0.476. The molecule has 0 saturated carbocycles. The average Bonchev–Trinajstić information content (AvgIpc) is 3.14. The van der Waals surface area contributed by atoms with Gasteiger partial charge in [0.05, 0.1) is 17.0 Å². The van der Waals surface area contributed by atoms with E-state index in [0.29, 0.717) is 12.1 Å². The quantitative estimate of drug-likeness (QED) is 0.453. The Morgan fingerprint density at radius 3 is 2.22 bits per heavy atom. The first kappa shape index (κ1) is 20.0. The van der Waals surface area contributed by atoms with E-state index in [1.165, 1.54) is 6.08 Å². The number of nitrogens with one attached hydrogen (secondary N) is 1. The fourth-order valence-corrected chi connectivity index (χ4v) is 4.46. The predicted molar refractivity (Wildman–Crippen MR) is 128 cm³/mol. The lowest BCUT2D eigenvalue weighted by Gasteiger charge is -2.13. The van der Waals surface area contributed by atoms with Gasteiger partial charge in [0.15, 0.2) is 0 Å². The fraction of sp³-hybridized carbons (Fsp3) is 0.0385. The lowest BCUT2D eigenvalue weighted by atomic mass is 10.0. The first-order valence-corrected chi connectivity index (χ1v) is 10.9. The number of benzene rings is 3. The zero-order valence-electron chi connectivity index (χ0n) is 16.9. The van der Waals surface area contributed by atoms with Crippen molar-refractivity contribution >= 4 is 39.9 Å². The second-order valence-electron chi connectivity index (χ2n) is 7.46. The molecule has 1 aliphatic heterocycles. The number of pyridine rings is 1. The Labute approximate surface area is 188 Å². The zero-order valence-corrected chi connectivity index (χ0v) is 17.8. The van der Waals surface area contributed by atoms with E-state index >= 15 is 0 Å². The number of para-hydroxylation sites is 1. The van der Waals surface area contributed by atoms with E-state index in [9.17, 15) is 14.4 Å². The van der Waals surface area contributed by atoms with E-state index in [4.69, 9.17) is 0 Å². The van der Waals surface area contributed by atoms with Crippen molar-refractivity contribution in [3.8, 4) is 11.1 Å². The summed E-state index contributed by atoms with van der Waals surface area (Å²) in [7, 11) is 0. The molecule has 6 heteroatoms. The molecular weight excluding hydrogens is 420 g/mol. The molecule has 2 amide bonds. The molecule has 1 saturated heterocycles. The van der Waals surface area contributed by atoms with Crippen molar-refractivity contribution in [3.05, 3.63) is 111 Å². The number of rotatable bonds is 4. The predicted octanol–water partition coefficient (Wildman–Crippen LogP) is 5.04. The van der Waals surface area contributed by atoms with E-state index < -0.39 is 11.1 Å². The molecule has 3 aromatic carbocycles. The summed E-state index contributed by atoms with van der Waals surface area (Å²) in [5.74, 6) is -0.476. The molecule has 0 unspecified atom stereocenters. The Morgan fingerprint density at radius 1 is 0.812 bits per heavy atom. The number of imide groups is 1. The van der Waals surface area contributed by atoms with Crippen molar-refractivity contribution < 1.29 is 9.59 Å². The van der Waals surface area contributed by atoms with Crippen LogP contribution >= 0.6 is 11.8 Å². The van der Waals surface area contributed by atoms with Gasteiger partial charge in [-0.25, -0.2) is 0 Å². The van der Waals surface area contributed by atoms with Crippen LogP contribution in [-0.4, -0.2) is 15.7 Å². The Balaban J connectivity index is 1.55. The Hall–Kier alpha value is -3.90. The topological polar surface area (TPSA) is 68.2 Å². The molecule has 1 fully saturated rings. The Morgan fingerprint density at radius 2 is 1.50 bits per heavy atom. The van der Waals surface area contributed by atoms with E-state index in [-0.39, 0.29) is 10.5 Å². The van der Waals surface area contributed by atoms with Gasteiger partial charge in [0.25, 0.3) is 16.7 Å². The van der Waals surface area contributed by atoms with Gasteiger partial charge in [-0.3, -0.25) is 19.7 Å². The highest BCUT2D eigenvalue weighted by Gasteiger charge is 2.25. The van der Waals surface area contributed by atoms with Crippen LogP contribution in [0.5, 0.6) is 0 Å². The van der Waals surface area contributed by atoms with E-state index in [0.717, 1.165) is 39.4 Å². The number of carbonyl (C=O) groups excluding carboxylic acids is 2. The van der Waals surface area contributed by atoms with Gasteiger partial charge in [-0.05, 0) is 52.0 Å². The molecule has 0 spiro atoms. The van der Waals surface area contributed by atoms with Gasteiger partial charge in [-0.15, -0.1) is 0 Å². The maximum absolute atomic E-state index is 13.3. The second kappa shape index (κ2) is 8.32. The Bertz CT molecular complexity index is 1440. The van der Waals surface area contributed by atoms with E-state index in [2.05, 4.69) is 29.6 Å². The molecule has 1 N–H and O–H groups in total. The van der Waals surface area contributed by atoms with Crippen LogP contribution in [0.2, 0.25) is 0 Å². The molecule has 0 bridgehead atoms. The van der Waals surface area contributed by atoms with Crippen LogP contribution in [0.4, 0.5) is 4.79 Å². The lowest BCUT2D eigenvalue weighted by Crippen LogP contribution is -2.23. The van der Waals surface area contributed by atoms with Crippen LogP contribution in [0.15, 0.2) is 94.6 Å². The average molecular weight is 439 g/mol. The molecule has 5 rings (SSSR count). The summed E-state index contributed by atoms with van der Waals surface area (Å²) in [5.41, 5.74) is 4.21. The second-order valence-corrected chi connectivity index (χ2v) is 8.48. The summed E-state index contributed by atoms with van der Waals surface area (Å²) in [6.45, 7) is 0.393. The number of fused-ring (bicyclic) bond motifs is 1. The number of hydrogen-bond acceptors (Lipinski definition) is 4. The molecule has 1 aliphatic rings. The van der Waals surface area contributed by atoms with Gasteiger partial charge in [0.1, 0.15) is 0 Å². The first-order valence-electron chi connectivity index (χ1n) is 10.1. The van der Waals surface area contributed by atoms with Crippen LogP contribution in [-0.2, 0) is 11.3 Å². The molecular formula is C26H18N2O3S. The van der Waals surface area contributed by atoms with Crippen LogP contribution < -0.4 is 10.9 Å². The normalized spacial score (nSPS) is 14.8. The van der Waals surface area contributed by atoms with Crippen LogP contribution in [0.3, 0.4) is 0 Å². The minimum Gasteiger partial charge on any atom is -0.303 e. The van der Waals surface area contributed by atoms with Crippen molar-refractivity contribution in [3.63, 3.8) is 0 Å². The molecule has 0 aliphatic carbocycles. The summed E-state index contributed by atoms with van der Waals surface area (Å²) in [6.07, 6.45) is 1.49. The third kappa shape index (κ3) is 3.88. The summed E-state index contributed by atoms with van der Waals surface area (Å²) < 4.78 is 1.71. The van der Waals surface area contributed by atoms with Crippen LogP contribution in [0.25, 0.3) is 28.1 Å². The molecule has 2 heterocycles. The molecule has 32 heavy (non-hydrogen) atoms. The monoisotopic (exact) mass is 438 g/mol. The standard InChI is InChI=1S/C26H18N2O3S/c29-24-23(32-26(31)27-24)15-21-14-20-8-4-5-9-22(20)28(25(21)30)16-17-10-12-19(13-11-17)18-6-2-1-3-7-18/h1-15H,16H2,(H,27,29,31)/b23-15+. The van der Waals surface area contributed by atoms with E-state index in [1.54, 1.807) is 10.6 Å². The number of thioether (sulfide) groups is 1. The van der Waals surface area contributed by atoms with Crippen molar-refractivity contribution in [1.82, 2.24) is 9.88 Å². The van der Waals surface area contributed by atoms with Gasteiger partial charge in [-0.1, -0.05) is 72.8 Å². The molecule has 1 aromatic heterocycles. The summed E-state index contributed by atoms with van der Waals surface area (Å²) in [6, 6.07) is 27.7. The number of nitrogens with zero attached hydrogens (tertiary/aromatic N) is 1. The van der Waals surface area contributed by atoms with Gasteiger partial charge in [-0.2, -0.15) is 0 Å². The van der Waals surface area contributed by atoms with Gasteiger partial charge < -0.3 is 4.57 Å². The fourth-order valence-electron chi connectivity index (χ4n) is 3.79. The smallest absolute Gasteiger partial charge is 0.290 e. The maximum Gasteiger partial charge on any atom is 0.290 e. The lowest BCUT2D eigenvalue weighted by molar-refractivity contribution is -0.115. The molecule has 0 atom stereocenters. The zero-order chi connectivity index (χ0) is 22.1. The van der Waals surface area contributed by atoms with Gasteiger partial charge in [0.2, 0.25) is 0 Å². The highest BCUT2D eigenvalue weighted by molar-refractivity contribution is 8.18. The molecule has 156 valence electrons. The molecule has 5 nitrogen and oxygen atoms in total. The summed E-state index contributed by atoms with van der Waals surface area (Å²) >= 11 is 0.805. The maximum atomic E-state index is 13.3. The third-order valence-electron chi connectivity index (χ3n) is 5.36. The number of carbonyl (C=O) groups is 2. The molecule has 0 radical (unpaired) electrons. The van der Waals surface area contributed by atoms with Crippen molar-refractivity contribution in [1.29, 1.82) is 0 Å². The molecule has 4 aromatic rings. The first-order chi connectivity index (χ1) is 15.6.